The average Bonchev–Trinajstić information content (AvgIpc) is 2.65. The van der Waals surface area contributed by atoms with E-state index in [-0.39, 0.29) is 13.2 Å². The average molecular weight is 344 g/mol. The van der Waals surface area contributed by atoms with Gasteiger partial charge in [0.25, 0.3) is 0 Å². The van der Waals surface area contributed by atoms with E-state index in [0.29, 0.717) is 36.0 Å². The summed E-state index contributed by atoms with van der Waals surface area (Å²) in [6, 6.07) is 10.9. The molecule has 0 unspecified atom stereocenters. The zero-order chi connectivity index (χ0) is 17.6. The molecule has 2 aromatic rings. The third-order valence-corrected chi connectivity index (χ3v) is 3.73. The van der Waals surface area contributed by atoms with Gasteiger partial charge in [-0.25, -0.2) is 4.79 Å². The van der Waals surface area contributed by atoms with Crippen LogP contribution < -0.4 is 18.9 Å². The second-order valence-corrected chi connectivity index (χ2v) is 5.45. The topological polar surface area (TPSA) is 63.2 Å². The van der Waals surface area contributed by atoms with Gasteiger partial charge in [0.2, 0.25) is 5.75 Å². The van der Waals surface area contributed by atoms with E-state index >= 15 is 0 Å². The number of esters is 1. The van der Waals surface area contributed by atoms with Crippen molar-refractivity contribution < 1.29 is 28.5 Å². The lowest BCUT2D eigenvalue weighted by Crippen LogP contribution is -2.17. The van der Waals surface area contributed by atoms with Gasteiger partial charge in [0.1, 0.15) is 32.2 Å². The molecule has 3 rings (SSSR count). The lowest BCUT2D eigenvalue weighted by molar-refractivity contribution is 0.0448. The Kier molecular flexibility index (Phi) is 5.28. The summed E-state index contributed by atoms with van der Waals surface area (Å²) in [7, 11) is 1.51. The highest BCUT2D eigenvalue weighted by Gasteiger charge is 2.21. The molecule has 2 aromatic carbocycles. The number of hydrogen-bond acceptors (Lipinski definition) is 6. The van der Waals surface area contributed by atoms with Crippen molar-refractivity contribution in [1.29, 1.82) is 0 Å². The van der Waals surface area contributed by atoms with Crippen LogP contribution in [0.15, 0.2) is 36.4 Å². The Morgan fingerprint density at radius 2 is 1.88 bits per heavy atom. The summed E-state index contributed by atoms with van der Waals surface area (Å²) >= 11 is 0. The van der Waals surface area contributed by atoms with Gasteiger partial charge in [0, 0.05) is 0 Å². The van der Waals surface area contributed by atoms with Gasteiger partial charge in [-0.3, -0.25) is 0 Å². The van der Waals surface area contributed by atoms with Crippen molar-refractivity contribution in [2.24, 2.45) is 0 Å². The maximum atomic E-state index is 12.2. The van der Waals surface area contributed by atoms with Gasteiger partial charge in [-0.2, -0.15) is 0 Å². The largest absolute Gasteiger partial charge is 0.493 e. The SMILES string of the molecule is COc1cc(C(=O)OCCOc2ccccc2C)cc2c1OCCO2. The first-order chi connectivity index (χ1) is 12.2. The van der Waals surface area contributed by atoms with E-state index in [1.807, 2.05) is 31.2 Å². The lowest BCUT2D eigenvalue weighted by atomic mass is 10.1. The van der Waals surface area contributed by atoms with E-state index in [1.165, 1.54) is 7.11 Å². The van der Waals surface area contributed by atoms with Crippen LogP contribution >= 0.6 is 0 Å². The molecule has 0 radical (unpaired) electrons. The minimum atomic E-state index is -0.469. The Morgan fingerprint density at radius 1 is 1.08 bits per heavy atom. The predicted molar refractivity (Wildman–Crippen MR) is 90.9 cm³/mol. The van der Waals surface area contributed by atoms with Gasteiger partial charge in [-0.05, 0) is 30.7 Å². The van der Waals surface area contributed by atoms with Crippen molar-refractivity contribution in [3.8, 4) is 23.0 Å². The zero-order valence-electron chi connectivity index (χ0n) is 14.2. The zero-order valence-corrected chi connectivity index (χ0v) is 14.2. The first-order valence-corrected chi connectivity index (χ1v) is 8.02. The third-order valence-electron chi connectivity index (χ3n) is 3.73. The maximum Gasteiger partial charge on any atom is 0.338 e. The summed E-state index contributed by atoms with van der Waals surface area (Å²) in [4.78, 5) is 12.2. The number of carbonyl (C=O) groups excluding carboxylic acids is 1. The second-order valence-electron chi connectivity index (χ2n) is 5.45. The number of ether oxygens (including phenoxy) is 5. The maximum absolute atomic E-state index is 12.2. The molecular formula is C19H20O6. The number of methoxy groups -OCH3 is 1. The molecule has 6 nitrogen and oxygen atoms in total. The number of fused-ring (bicyclic) bond motifs is 1. The highest BCUT2D eigenvalue weighted by molar-refractivity contribution is 5.91. The van der Waals surface area contributed by atoms with Crippen molar-refractivity contribution in [3.63, 3.8) is 0 Å². The van der Waals surface area contributed by atoms with Crippen LogP contribution in [0.3, 0.4) is 0 Å². The Bertz CT molecular complexity index is 738. The number of para-hydroxylation sites is 1. The number of rotatable bonds is 6. The molecular weight excluding hydrogens is 324 g/mol. The van der Waals surface area contributed by atoms with Crippen LogP contribution in [0.25, 0.3) is 0 Å². The standard InChI is InChI=1S/C19H20O6/c1-13-5-3-4-6-15(13)22-8-10-25-19(20)14-11-16(21-2)18-17(12-14)23-7-9-24-18/h3-6,11-12H,7-10H2,1-2H3. The van der Waals surface area contributed by atoms with Crippen LogP contribution in [0.4, 0.5) is 0 Å². The van der Waals surface area contributed by atoms with E-state index in [2.05, 4.69) is 0 Å². The van der Waals surface area contributed by atoms with Crippen LogP contribution in [0, 0.1) is 6.92 Å². The van der Waals surface area contributed by atoms with Crippen molar-refractivity contribution in [3.05, 3.63) is 47.5 Å². The summed E-state index contributed by atoms with van der Waals surface area (Å²) in [6.07, 6.45) is 0. The summed E-state index contributed by atoms with van der Waals surface area (Å²) in [5.74, 6) is 1.74. The van der Waals surface area contributed by atoms with Gasteiger partial charge in [-0.15, -0.1) is 0 Å². The summed E-state index contributed by atoms with van der Waals surface area (Å²) in [5, 5.41) is 0. The quantitative estimate of drug-likeness (QED) is 0.593. The molecule has 0 bridgehead atoms. The second kappa shape index (κ2) is 7.79. The van der Waals surface area contributed by atoms with E-state index in [4.69, 9.17) is 23.7 Å². The molecule has 1 aliphatic rings. The number of benzene rings is 2. The van der Waals surface area contributed by atoms with Crippen LogP contribution in [0.2, 0.25) is 0 Å². The molecule has 1 heterocycles. The molecule has 0 spiro atoms. The minimum absolute atomic E-state index is 0.143. The van der Waals surface area contributed by atoms with Crippen LogP contribution in [-0.4, -0.2) is 39.5 Å². The van der Waals surface area contributed by atoms with Gasteiger partial charge < -0.3 is 23.7 Å². The van der Waals surface area contributed by atoms with Crippen LogP contribution in [0.1, 0.15) is 15.9 Å². The smallest absolute Gasteiger partial charge is 0.338 e. The summed E-state index contributed by atoms with van der Waals surface area (Å²) < 4.78 is 27.2. The summed E-state index contributed by atoms with van der Waals surface area (Å²) in [6.45, 7) is 3.26. The van der Waals surface area contributed by atoms with E-state index in [1.54, 1.807) is 12.1 Å². The molecule has 0 aliphatic carbocycles. The van der Waals surface area contributed by atoms with Crippen molar-refractivity contribution in [1.82, 2.24) is 0 Å². The third kappa shape index (κ3) is 3.96. The number of carbonyl (C=O) groups is 1. The van der Waals surface area contributed by atoms with E-state index < -0.39 is 5.97 Å². The normalized spacial score (nSPS) is 12.4. The fourth-order valence-electron chi connectivity index (χ4n) is 2.48. The molecule has 6 heteroatoms. The molecule has 0 amide bonds. The van der Waals surface area contributed by atoms with E-state index in [0.717, 1.165) is 11.3 Å². The fraction of sp³-hybridized carbons (Fsp3) is 0.316. The Morgan fingerprint density at radius 3 is 2.68 bits per heavy atom. The van der Waals surface area contributed by atoms with E-state index in [9.17, 15) is 4.79 Å². The molecule has 0 saturated carbocycles. The molecule has 0 aromatic heterocycles. The first-order valence-electron chi connectivity index (χ1n) is 8.02. The molecule has 25 heavy (non-hydrogen) atoms. The Hall–Kier alpha value is -2.89. The Labute approximate surface area is 146 Å². The molecule has 0 saturated heterocycles. The summed E-state index contributed by atoms with van der Waals surface area (Å²) in [5.41, 5.74) is 1.38. The van der Waals surface area contributed by atoms with Crippen LogP contribution in [0.5, 0.6) is 23.0 Å². The van der Waals surface area contributed by atoms with Crippen molar-refractivity contribution >= 4 is 5.97 Å². The van der Waals surface area contributed by atoms with Gasteiger partial charge >= 0.3 is 5.97 Å². The minimum Gasteiger partial charge on any atom is -0.493 e. The van der Waals surface area contributed by atoms with Gasteiger partial charge in [-0.1, -0.05) is 18.2 Å². The molecule has 132 valence electrons. The van der Waals surface area contributed by atoms with Crippen LogP contribution in [-0.2, 0) is 4.74 Å². The van der Waals surface area contributed by atoms with Crippen molar-refractivity contribution in [2.75, 3.05) is 33.5 Å². The molecule has 0 atom stereocenters. The highest BCUT2D eigenvalue weighted by Crippen LogP contribution is 2.40. The predicted octanol–water partition coefficient (Wildman–Crippen LogP) is 3.01. The first kappa shape index (κ1) is 17.0. The van der Waals surface area contributed by atoms with Gasteiger partial charge in [0.15, 0.2) is 11.5 Å². The molecule has 0 N–H and O–H groups in total. The fourth-order valence-corrected chi connectivity index (χ4v) is 2.48. The number of aryl methyl sites for hydroxylation is 1. The Balaban J connectivity index is 1.59. The lowest BCUT2D eigenvalue weighted by Gasteiger charge is -2.21. The molecule has 0 fully saturated rings. The number of hydrogen-bond donors (Lipinski definition) is 0. The van der Waals surface area contributed by atoms with Gasteiger partial charge in [0.05, 0.1) is 12.7 Å². The monoisotopic (exact) mass is 344 g/mol. The molecule has 1 aliphatic heterocycles. The highest BCUT2D eigenvalue weighted by atomic mass is 16.6. The van der Waals surface area contributed by atoms with Crippen molar-refractivity contribution in [2.45, 2.75) is 6.92 Å².